The summed E-state index contributed by atoms with van der Waals surface area (Å²) >= 11 is 0. The van der Waals surface area contributed by atoms with E-state index in [2.05, 4.69) is 18.2 Å². The van der Waals surface area contributed by atoms with Crippen molar-refractivity contribution in [1.82, 2.24) is 4.90 Å². The van der Waals surface area contributed by atoms with Gasteiger partial charge in [0.05, 0.1) is 5.54 Å². The predicted molar refractivity (Wildman–Crippen MR) is 118 cm³/mol. The number of aliphatic hydroxyl groups is 1. The van der Waals surface area contributed by atoms with Crippen LogP contribution in [0.25, 0.3) is 10.8 Å². The Labute approximate surface area is 176 Å². The van der Waals surface area contributed by atoms with Crippen molar-refractivity contribution in [2.75, 3.05) is 0 Å². The van der Waals surface area contributed by atoms with E-state index in [1.54, 1.807) is 32.9 Å². The molecule has 30 heavy (non-hydrogen) atoms. The Morgan fingerprint density at radius 2 is 1.87 bits per heavy atom. The molecule has 4 rings (SSSR count). The number of carbonyl (C=O) groups is 1. The van der Waals surface area contributed by atoms with E-state index in [1.165, 1.54) is 0 Å². The van der Waals surface area contributed by atoms with Crippen LogP contribution in [0.2, 0.25) is 0 Å². The standard InChI is InChI=1S/C25H26N2O3/c1-24(2,3)30-23(29)21-20-14-18(28)12-13-25(20,4)27(22(21)26)15-17-10-7-9-16-8-5-6-11-19(16)17/h5-14,26,28H,15H2,1-4H3. The van der Waals surface area contributed by atoms with Crippen LogP contribution < -0.4 is 0 Å². The largest absolute Gasteiger partial charge is 0.508 e. The monoisotopic (exact) mass is 402 g/mol. The molecule has 154 valence electrons. The van der Waals surface area contributed by atoms with Crippen molar-refractivity contribution in [3.8, 4) is 0 Å². The van der Waals surface area contributed by atoms with Gasteiger partial charge in [-0.05, 0) is 56.2 Å². The Morgan fingerprint density at radius 3 is 2.60 bits per heavy atom. The zero-order valence-corrected chi connectivity index (χ0v) is 17.7. The number of ether oxygens (including phenoxy) is 1. The molecule has 0 fully saturated rings. The maximum atomic E-state index is 13.0. The van der Waals surface area contributed by atoms with Gasteiger partial charge in [-0.2, -0.15) is 0 Å². The second kappa shape index (κ2) is 6.87. The molecule has 0 amide bonds. The maximum Gasteiger partial charge on any atom is 0.342 e. The van der Waals surface area contributed by atoms with Crippen LogP contribution in [-0.4, -0.2) is 33.0 Å². The second-order valence-corrected chi connectivity index (χ2v) is 8.91. The van der Waals surface area contributed by atoms with Crippen molar-refractivity contribution in [3.05, 3.63) is 83.2 Å². The van der Waals surface area contributed by atoms with Gasteiger partial charge < -0.3 is 14.7 Å². The van der Waals surface area contributed by atoms with Crippen molar-refractivity contribution in [3.63, 3.8) is 0 Å². The summed E-state index contributed by atoms with van der Waals surface area (Å²) in [6.45, 7) is 7.81. The van der Waals surface area contributed by atoms with Crippen molar-refractivity contribution in [2.45, 2.75) is 45.4 Å². The summed E-state index contributed by atoms with van der Waals surface area (Å²) in [5, 5.41) is 21.2. The minimum atomic E-state index is -0.730. The third-order valence-corrected chi connectivity index (χ3v) is 5.56. The van der Waals surface area contributed by atoms with Crippen molar-refractivity contribution in [1.29, 1.82) is 5.41 Å². The molecule has 1 atom stereocenters. The number of amidine groups is 1. The third kappa shape index (κ3) is 3.30. The zero-order valence-electron chi connectivity index (χ0n) is 17.7. The topological polar surface area (TPSA) is 73.6 Å². The summed E-state index contributed by atoms with van der Waals surface area (Å²) in [6, 6.07) is 14.2. The number of esters is 1. The molecule has 1 unspecified atom stereocenters. The van der Waals surface area contributed by atoms with Gasteiger partial charge in [0.1, 0.15) is 22.8 Å². The quantitative estimate of drug-likeness (QED) is 0.706. The van der Waals surface area contributed by atoms with Gasteiger partial charge in [0, 0.05) is 12.1 Å². The van der Waals surface area contributed by atoms with E-state index in [0.29, 0.717) is 12.1 Å². The average molecular weight is 402 g/mol. The first-order valence-electron chi connectivity index (χ1n) is 10.0. The van der Waals surface area contributed by atoms with Crippen LogP contribution in [-0.2, 0) is 16.1 Å². The minimum Gasteiger partial charge on any atom is -0.508 e. The number of benzene rings is 2. The first kappa shape index (κ1) is 20.0. The average Bonchev–Trinajstić information content (AvgIpc) is 2.88. The minimum absolute atomic E-state index is 0.0587. The van der Waals surface area contributed by atoms with Gasteiger partial charge in [0.15, 0.2) is 0 Å². The first-order valence-corrected chi connectivity index (χ1v) is 10.0. The fraction of sp³-hybridized carbons (Fsp3) is 0.280. The van der Waals surface area contributed by atoms with E-state index < -0.39 is 17.1 Å². The highest BCUT2D eigenvalue weighted by Gasteiger charge is 2.48. The van der Waals surface area contributed by atoms with Crippen molar-refractivity contribution >= 4 is 22.6 Å². The number of fused-ring (bicyclic) bond motifs is 2. The molecule has 2 aromatic rings. The van der Waals surface area contributed by atoms with Gasteiger partial charge in [-0.15, -0.1) is 0 Å². The molecule has 1 heterocycles. The molecule has 0 saturated carbocycles. The molecule has 2 aliphatic rings. The fourth-order valence-corrected chi connectivity index (χ4v) is 4.11. The maximum absolute atomic E-state index is 13.0. The van der Waals surface area contributed by atoms with Crippen LogP contribution in [0.15, 0.2) is 77.6 Å². The molecule has 5 heteroatoms. The van der Waals surface area contributed by atoms with Gasteiger partial charge in [0.2, 0.25) is 0 Å². The van der Waals surface area contributed by atoms with Crippen LogP contribution in [0.3, 0.4) is 0 Å². The molecule has 0 spiro atoms. The summed E-state index contributed by atoms with van der Waals surface area (Å²) < 4.78 is 5.59. The molecule has 5 nitrogen and oxygen atoms in total. The zero-order chi connectivity index (χ0) is 21.7. The predicted octanol–water partition coefficient (Wildman–Crippen LogP) is 5.04. The summed E-state index contributed by atoms with van der Waals surface area (Å²) in [5.41, 5.74) is 0.439. The Morgan fingerprint density at radius 1 is 1.17 bits per heavy atom. The molecule has 0 saturated heterocycles. The van der Waals surface area contributed by atoms with E-state index in [1.807, 2.05) is 42.2 Å². The number of hydrogen-bond acceptors (Lipinski definition) is 4. The van der Waals surface area contributed by atoms with E-state index >= 15 is 0 Å². The lowest BCUT2D eigenvalue weighted by Gasteiger charge is -2.37. The Kier molecular flexibility index (Phi) is 4.57. The molecule has 0 bridgehead atoms. The lowest BCUT2D eigenvalue weighted by molar-refractivity contribution is -0.149. The number of aliphatic hydroxyl groups excluding tert-OH is 1. The van der Waals surface area contributed by atoms with E-state index in [0.717, 1.165) is 16.3 Å². The third-order valence-electron chi connectivity index (χ3n) is 5.56. The number of nitrogens with one attached hydrogen (secondary N) is 1. The van der Waals surface area contributed by atoms with Crippen LogP contribution >= 0.6 is 0 Å². The Bertz CT molecular complexity index is 1150. The van der Waals surface area contributed by atoms with Gasteiger partial charge in [0.25, 0.3) is 0 Å². The molecule has 0 aromatic heterocycles. The smallest absolute Gasteiger partial charge is 0.342 e. The van der Waals surface area contributed by atoms with E-state index in [4.69, 9.17) is 10.1 Å². The number of hydrogen-bond donors (Lipinski definition) is 2. The summed E-state index contributed by atoms with van der Waals surface area (Å²) in [7, 11) is 0. The molecular weight excluding hydrogens is 376 g/mol. The molecule has 1 aliphatic heterocycles. The van der Waals surface area contributed by atoms with Gasteiger partial charge >= 0.3 is 5.97 Å². The normalized spacial score (nSPS) is 21.1. The summed E-state index contributed by atoms with van der Waals surface area (Å²) in [4.78, 5) is 14.9. The molecule has 1 aliphatic carbocycles. The van der Waals surface area contributed by atoms with Crippen LogP contribution in [0.1, 0.15) is 33.3 Å². The van der Waals surface area contributed by atoms with Gasteiger partial charge in [-0.3, -0.25) is 5.41 Å². The van der Waals surface area contributed by atoms with E-state index in [-0.39, 0.29) is 17.2 Å². The van der Waals surface area contributed by atoms with Crippen LogP contribution in [0.4, 0.5) is 0 Å². The number of nitrogens with zero attached hydrogens (tertiary/aromatic N) is 1. The lowest BCUT2D eigenvalue weighted by atomic mass is 9.86. The van der Waals surface area contributed by atoms with Crippen molar-refractivity contribution < 1.29 is 14.6 Å². The molecule has 0 radical (unpaired) electrons. The number of rotatable bonds is 3. The highest BCUT2D eigenvalue weighted by molar-refractivity contribution is 6.21. The lowest BCUT2D eigenvalue weighted by Crippen LogP contribution is -2.44. The second-order valence-electron chi connectivity index (χ2n) is 8.91. The number of allylic oxidation sites excluding steroid dienone is 1. The van der Waals surface area contributed by atoms with Crippen molar-refractivity contribution in [2.24, 2.45) is 0 Å². The SMILES string of the molecule is CC(C)(C)OC(=O)C1=C2C=C(O)C=CC2(C)N(Cc2cccc3ccccc23)C1=N. The summed E-state index contributed by atoms with van der Waals surface area (Å²) in [6.07, 6.45) is 5.02. The first-order chi connectivity index (χ1) is 14.1. The molecule has 2 N–H and O–H groups in total. The highest BCUT2D eigenvalue weighted by atomic mass is 16.6. The molecular formula is C25H26N2O3. The van der Waals surface area contributed by atoms with Gasteiger partial charge in [-0.1, -0.05) is 48.5 Å². The van der Waals surface area contributed by atoms with Crippen LogP contribution in [0, 0.1) is 5.41 Å². The van der Waals surface area contributed by atoms with Crippen LogP contribution in [0.5, 0.6) is 0 Å². The Hall–Kier alpha value is -3.34. The number of carbonyl (C=O) groups excluding carboxylic acids is 1. The van der Waals surface area contributed by atoms with E-state index in [9.17, 15) is 9.90 Å². The fourth-order valence-electron chi connectivity index (χ4n) is 4.11. The molecule has 2 aromatic carbocycles. The summed E-state index contributed by atoms with van der Waals surface area (Å²) in [5.74, 6) is -0.387. The highest BCUT2D eigenvalue weighted by Crippen LogP contribution is 2.42. The Balaban J connectivity index is 1.79. The van der Waals surface area contributed by atoms with Gasteiger partial charge in [-0.25, -0.2) is 4.79 Å².